The van der Waals surface area contributed by atoms with Crippen molar-refractivity contribution in [2.45, 2.75) is 64.0 Å². The lowest BCUT2D eigenvalue weighted by Crippen LogP contribution is -2.41. The highest BCUT2D eigenvalue weighted by Gasteiger charge is 2.22. The van der Waals surface area contributed by atoms with Crippen LogP contribution in [0.15, 0.2) is 29.3 Å². The zero-order valence-corrected chi connectivity index (χ0v) is 16.3. The van der Waals surface area contributed by atoms with Gasteiger partial charge in [-0.25, -0.2) is 4.99 Å². The fourth-order valence-electron chi connectivity index (χ4n) is 3.73. The Balaban J connectivity index is 1.39. The molecule has 6 heteroatoms. The predicted molar refractivity (Wildman–Crippen MR) is 108 cm³/mol. The molecule has 1 unspecified atom stereocenters. The molecule has 1 aliphatic heterocycles. The smallest absolute Gasteiger partial charge is 0.221 e. The number of para-hydroxylation sites is 1. The fraction of sp³-hybridized carbons (Fsp3) is 0.619. The number of aliphatic imine (C=N–C) groups is 1. The Morgan fingerprint density at radius 1 is 1.19 bits per heavy atom. The number of carbonyl (C=O) groups excluding carboxylic acids is 1. The van der Waals surface area contributed by atoms with Gasteiger partial charge >= 0.3 is 0 Å². The molecule has 6 nitrogen and oxygen atoms in total. The summed E-state index contributed by atoms with van der Waals surface area (Å²) >= 11 is 0. The van der Waals surface area contributed by atoms with E-state index in [4.69, 9.17) is 4.74 Å². The molecule has 0 bridgehead atoms. The second-order valence-electron chi connectivity index (χ2n) is 7.35. The van der Waals surface area contributed by atoms with Crippen molar-refractivity contribution in [2.75, 3.05) is 19.6 Å². The van der Waals surface area contributed by atoms with E-state index >= 15 is 0 Å². The lowest BCUT2D eigenvalue weighted by Gasteiger charge is -2.22. The zero-order chi connectivity index (χ0) is 18.9. The molecule has 1 amide bonds. The maximum atomic E-state index is 12.1. The number of fused-ring (bicyclic) bond motifs is 1. The Hall–Kier alpha value is -2.24. The van der Waals surface area contributed by atoms with Crippen molar-refractivity contribution in [2.24, 2.45) is 4.99 Å². The van der Waals surface area contributed by atoms with Crippen LogP contribution in [0.5, 0.6) is 5.75 Å². The molecule has 2 aliphatic rings. The van der Waals surface area contributed by atoms with Gasteiger partial charge in [0.1, 0.15) is 11.9 Å². The summed E-state index contributed by atoms with van der Waals surface area (Å²) in [6.45, 7) is 4.00. The quantitative estimate of drug-likeness (QED) is 0.507. The van der Waals surface area contributed by atoms with Crippen molar-refractivity contribution in [3.05, 3.63) is 29.8 Å². The first-order chi connectivity index (χ1) is 13.2. The van der Waals surface area contributed by atoms with E-state index in [1.165, 1.54) is 24.8 Å². The highest BCUT2D eigenvalue weighted by Crippen LogP contribution is 2.28. The van der Waals surface area contributed by atoms with Crippen molar-refractivity contribution in [3.8, 4) is 5.75 Å². The van der Waals surface area contributed by atoms with E-state index in [9.17, 15) is 4.79 Å². The maximum Gasteiger partial charge on any atom is 0.221 e. The molecule has 0 saturated heterocycles. The van der Waals surface area contributed by atoms with Gasteiger partial charge < -0.3 is 20.7 Å². The number of amides is 1. The number of ether oxygens (including phenoxy) is 1. The van der Waals surface area contributed by atoms with Gasteiger partial charge in [-0.1, -0.05) is 37.5 Å². The first-order valence-corrected chi connectivity index (χ1v) is 10.3. The Labute approximate surface area is 162 Å². The van der Waals surface area contributed by atoms with E-state index in [-0.39, 0.29) is 12.0 Å². The van der Waals surface area contributed by atoms with Crippen molar-refractivity contribution >= 4 is 11.9 Å². The second kappa shape index (κ2) is 10.2. The number of carbonyl (C=O) groups is 1. The molecule has 1 aromatic carbocycles. The maximum absolute atomic E-state index is 12.1. The molecule has 1 heterocycles. The third-order valence-corrected chi connectivity index (χ3v) is 5.13. The molecule has 1 aliphatic carbocycles. The van der Waals surface area contributed by atoms with Gasteiger partial charge in [-0.2, -0.15) is 0 Å². The molecular weight excluding hydrogens is 340 g/mol. The number of guanidine groups is 1. The van der Waals surface area contributed by atoms with E-state index in [0.29, 0.717) is 25.6 Å². The molecule has 0 aromatic heterocycles. The number of rotatable bonds is 7. The Bertz CT molecular complexity index is 616. The van der Waals surface area contributed by atoms with E-state index < -0.39 is 0 Å². The SMILES string of the molecule is CCNC(=NCC1Cc2ccccc2O1)NCCC(=O)NC1CCCCC1. The third-order valence-electron chi connectivity index (χ3n) is 5.13. The fourth-order valence-corrected chi connectivity index (χ4v) is 3.73. The third kappa shape index (κ3) is 6.15. The summed E-state index contributed by atoms with van der Waals surface area (Å²) < 4.78 is 5.94. The number of hydrogen-bond donors (Lipinski definition) is 3. The average Bonchev–Trinajstić information content (AvgIpc) is 3.10. The number of benzene rings is 1. The lowest BCUT2D eigenvalue weighted by molar-refractivity contribution is -0.121. The van der Waals surface area contributed by atoms with E-state index in [1.807, 2.05) is 25.1 Å². The summed E-state index contributed by atoms with van der Waals surface area (Å²) in [4.78, 5) is 16.7. The van der Waals surface area contributed by atoms with Crippen LogP contribution in [0, 0.1) is 0 Å². The number of hydrogen-bond acceptors (Lipinski definition) is 3. The molecule has 27 heavy (non-hydrogen) atoms. The molecule has 0 radical (unpaired) electrons. The Kier molecular flexibility index (Phi) is 7.36. The molecule has 3 rings (SSSR count). The summed E-state index contributed by atoms with van der Waals surface area (Å²) in [5, 5.41) is 9.64. The van der Waals surface area contributed by atoms with Gasteiger partial charge in [0, 0.05) is 32.0 Å². The molecule has 1 saturated carbocycles. The summed E-state index contributed by atoms with van der Waals surface area (Å²) in [7, 11) is 0. The van der Waals surface area contributed by atoms with Crippen molar-refractivity contribution in [3.63, 3.8) is 0 Å². The van der Waals surface area contributed by atoms with Gasteiger partial charge in [0.15, 0.2) is 5.96 Å². The standard InChI is InChI=1S/C21H32N4O2/c1-2-22-21(23-13-12-20(26)25-17-9-4-3-5-10-17)24-15-18-14-16-8-6-7-11-19(16)27-18/h6-8,11,17-18H,2-5,9-10,12-15H2,1H3,(H,25,26)(H2,22,23,24). The first-order valence-electron chi connectivity index (χ1n) is 10.3. The van der Waals surface area contributed by atoms with Crippen molar-refractivity contribution < 1.29 is 9.53 Å². The van der Waals surface area contributed by atoms with Crippen LogP contribution < -0.4 is 20.7 Å². The van der Waals surface area contributed by atoms with Crippen LogP contribution in [0.25, 0.3) is 0 Å². The lowest BCUT2D eigenvalue weighted by atomic mass is 9.95. The van der Waals surface area contributed by atoms with Crippen LogP contribution in [0.4, 0.5) is 0 Å². The Morgan fingerprint density at radius 2 is 2.00 bits per heavy atom. The zero-order valence-electron chi connectivity index (χ0n) is 16.3. The van der Waals surface area contributed by atoms with Gasteiger partial charge in [-0.15, -0.1) is 0 Å². The van der Waals surface area contributed by atoms with Gasteiger partial charge in [-0.05, 0) is 31.4 Å². The van der Waals surface area contributed by atoms with Crippen LogP contribution in [0.3, 0.4) is 0 Å². The molecular formula is C21H32N4O2. The predicted octanol–water partition coefficient (Wildman–Crippen LogP) is 2.38. The van der Waals surface area contributed by atoms with Crippen LogP contribution >= 0.6 is 0 Å². The summed E-state index contributed by atoms with van der Waals surface area (Å²) in [6.07, 6.45) is 7.43. The van der Waals surface area contributed by atoms with Crippen LogP contribution in [0.2, 0.25) is 0 Å². The van der Waals surface area contributed by atoms with Crippen molar-refractivity contribution in [1.29, 1.82) is 0 Å². The largest absolute Gasteiger partial charge is 0.488 e. The van der Waals surface area contributed by atoms with Crippen LogP contribution in [0.1, 0.15) is 51.0 Å². The normalized spacial score (nSPS) is 19.9. The summed E-state index contributed by atoms with van der Waals surface area (Å²) in [5.74, 6) is 1.83. The van der Waals surface area contributed by atoms with Crippen molar-refractivity contribution in [1.82, 2.24) is 16.0 Å². The minimum absolute atomic E-state index is 0.0763. The molecule has 148 valence electrons. The number of nitrogens with one attached hydrogen (secondary N) is 3. The minimum atomic E-state index is 0.0763. The van der Waals surface area contributed by atoms with E-state index in [1.54, 1.807) is 0 Å². The highest BCUT2D eigenvalue weighted by molar-refractivity contribution is 5.81. The van der Waals surface area contributed by atoms with E-state index in [0.717, 1.165) is 37.5 Å². The van der Waals surface area contributed by atoms with Gasteiger partial charge in [-0.3, -0.25) is 4.79 Å². The van der Waals surface area contributed by atoms with Gasteiger partial charge in [0.25, 0.3) is 0 Å². The molecule has 1 fully saturated rings. The minimum Gasteiger partial charge on any atom is -0.488 e. The Morgan fingerprint density at radius 3 is 2.78 bits per heavy atom. The van der Waals surface area contributed by atoms with Crippen LogP contribution in [-0.4, -0.2) is 43.6 Å². The molecule has 1 aromatic rings. The average molecular weight is 373 g/mol. The monoisotopic (exact) mass is 372 g/mol. The van der Waals surface area contributed by atoms with Gasteiger partial charge in [0.05, 0.1) is 6.54 Å². The van der Waals surface area contributed by atoms with E-state index in [2.05, 4.69) is 27.0 Å². The second-order valence-corrected chi connectivity index (χ2v) is 7.35. The first kappa shape index (κ1) is 19.5. The molecule has 3 N–H and O–H groups in total. The molecule has 0 spiro atoms. The van der Waals surface area contributed by atoms with Gasteiger partial charge in [0.2, 0.25) is 5.91 Å². The van der Waals surface area contributed by atoms with Crippen LogP contribution in [-0.2, 0) is 11.2 Å². The molecule has 1 atom stereocenters. The summed E-state index contributed by atoms with van der Waals surface area (Å²) in [5.41, 5.74) is 1.25. The topological polar surface area (TPSA) is 74.8 Å². The highest BCUT2D eigenvalue weighted by atomic mass is 16.5. The number of nitrogens with zero attached hydrogens (tertiary/aromatic N) is 1. The summed E-state index contributed by atoms with van der Waals surface area (Å²) in [6, 6.07) is 8.52.